The van der Waals surface area contributed by atoms with Crippen LogP contribution < -0.4 is 0 Å². The van der Waals surface area contributed by atoms with Gasteiger partial charge in [-0.05, 0) is 37.0 Å². The van der Waals surface area contributed by atoms with Gasteiger partial charge in [0, 0.05) is 26.7 Å². The minimum Gasteiger partial charge on any atom is -0.334 e. The average Bonchev–Trinajstić information content (AvgIpc) is 3.34. The van der Waals surface area contributed by atoms with Gasteiger partial charge in [0.2, 0.25) is 0 Å². The molecule has 8 heteroatoms. The maximum absolute atomic E-state index is 12.8. The van der Waals surface area contributed by atoms with E-state index in [4.69, 9.17) is 0 Å². The Hall–Kier alpha value is -2.45. The van der Waals surface area contributed by atoms with Crippen LogP contribution in [0.2, 0.25) is 0 Å². The third-order valence-electron chi connectivity index (χ3n) is 4.58. The lowest BCUT2D eigenvalue weighted by Gasteiger charge is -2.14. The van der Waals surface area contributed by atoms with Crippen LogP contribution in [0, 0.1) is 0 Å². The monoisotopic (exact) mass is 370 g/mol. The normalized spacial score (nSPS) is 14.8. The first-order valence-electron chi connectivity index (χ1n) is 8.69. The molecule has 0 fully saturated rings. The predicted molar refractivity (Wildman–Crippen MR) is 101 cm³/mol. The Kier molecular flexibility index (Phi) is 4.60. The van der Waals surface area contributed by atoms with E-state index in [2.05, 4.69) is 27.2 Å². The summed E-state index contributed by atoms with van der Waals surface area (Å²) in [6.45, 7) is 3.22. The molecule has 1 aliphatic rings. The number of carbonyl (C=O) groups excluding carboxylic acids is 1. The molecule has 0 aromatic carbocycles. The molecule has 0 saturated heterocycles. The van der Waals surface area contributed by atoms with Gasteiger partial charge >= 0.3 is 0 Å². The Morgan fingerprint density at radius 2 is 2.27 bits per heavy atom. The van der Waals surface area contributed by atoms with Crippen molar-refractivity contribution < 1.29 is 4.79 Å². The second-order valence-electron chi connectivity index (χ2n) is 6.75. The number of H-pyrrole nitrogens is 1. The Bertz CT molecular complexity index is 897. The van der Waals surface area contributed by atoms with Crippen LogP contribution in [0.5, 0.6) is 0 Å². The van der Waals surface area contributed by atoms with Gasteiger partial charge in [0.15, 0.2) is 5.69 Å². The van der Waals surface area contributed by atoms with Gasteiger partial charge < -0.3 is 9.80 Å². The Morgan fingerprint density at radius 1 is 1.38 bits per heavy atom. The van der Waals surface area contributed by atoms with Crippen LogP contribution in [0.3, 0.4) is 0 Å². The Balaban J connectivity index is 1.46. The standard InChI is InChI=1S/C18H22N6OS/c1-22-6-4-7-24-14(12-22)10-16(21-24)18(25)23(2)11-13-9-15(20-19-13)17-5-3-8-26-17/h3,5,8-10H,4,6-7,11-12H2,1-2H3,(H,19,20). The van der Waals surface area contributed by atoms with Crippen molar-refractivity contribution in [2.45, 2.75) is 26.1 Å². The smallest absolute Gasteiger partial charge is 0.274 e. The number of hydrogen-bond donors (Lipinski definition) is 1. The summed E-state index contributed by atoms with van der Waals surface area (Å²) >= 11 is 1.65. The van der Waals surface area contributed by atoms with E-state index in [1.807, 2.05) is 34.3 Å². The second kappa shape index (κ2) is 7.05. The molecule has 7 nitrogen and oxygen atoms in total. The van der Waals surface area contributed by atoms with Crippen molar-refractivity contribution >= 4 is 17.2 Å². The highest BCUT2D eigenvalue weighted by Gasteiger charge is 2.21. The van der Waals surface area contributed by atoms with Crippen molar-refractivity contribution in [2.75, 3.05) is 20.6 Å². The van der Waals surface area contributed by atoms with Crippen molar-refractivity contribution in [1.82, 2.24) is 29.8 Å². The van der Waals surface area contributed by atoms with Gasteiger partial charge in [-0.3, -0.25) is 14.6 Å². The lowest BCUT2D eigenvalue weighted by Crippen LogP contribution is -2.27. The highest BCUT2D eigenvalue weighted by Crippen LogP contribution is 2.23. The van der Waals surface area contributed by atoms with E-state index in [9.17, 15) is 4.79 Å². The first-order valence-corrected chi connectivity index (χ1v) is 9.57. The summed E-state index contributed by atoms with van der Waals surface area (Å²) in [6.07, 6.45) is 1.05. The third-order valence-corrected chi connectivity index (χ3v) is 5.48. The maximum atomic E-state index is 12.8. The highest BCUT2D eigenvalue weighted by atomic mass is 32.1. The fourth-order valence-corrected chi connectivity index (χ4v) is 3.93. The molecule has 0 atom stereocenters. The van der Waals surface area contributed by atoms with Crippen LogP contribution in [0.1, 0.15) is 28.3 Å². The SMILES string of the molecule is CN1CCCn2nc(C(=O)N(C)Cc3cc(-c4cccs4)n[nH]3)cc2C1. The molecular weight excluding hydrogens is 348 g/mol. The largest absolute Gasteiger partial charge is 0.334 e. The van der Waals surface area contributed by atoms with E-state index < -0.39 is 0 Å². The molecule has 0 spiro atoms. The number of aryl methyl sites for hydroxylation is 1. The molecule has 4 heterocycles. The van der Waals surface area contributed by atoms with Crippen LogP contribution in [-0.4, -0.2) is 56.3 Å². The minimum absolute atomic E-state index is 0.0690. The molecule has 0 aliphatic carbocycles. The number of nitrogens with one attached hydrogen (secondary N) is 1. The van der Waals surface area contributed by atoms with Crippen LogP contribution in [0.4, 0.5) is 0 Å². The van der Waals surface area contributed by atoms with Crippen LogP contribution >= 0.6 is 11.3 Å². The number of fused-ring (bicyclic) bond motifs is 1. The summed E-state index contributed by atoms with van der Waals surface area (Å²) in [4.78, 5) is 17.8. The molecule has 1 aliphatic heterocycles. The molecule has 0 saturated carbocycles. The molecule has 0 radical (unpaired) electrons. The van der Waals surface area contributed by atoms with E-state index in [0.29, 0.717) is 12.2 Å². The Morgan fingerprint density at radius 3 is 3.08 bits per heavy atom. The maximum Gasteiger partial charge on any atom is 0.274 e. The molecule has 136 valence electrons. The van der Waals surface area contributed by atoms with Crippen LogP contribution in [-0.2, 0) is 19.6 Å². The van der Waals surface area contributed by atoms with Gasteiger partial charge in [-0.25, -0.2) is 0 Å². The van der Waals surface area contributed by atoms with Crippen LogP contribution in [0.25, 0.3) is 10.6 Å². The summed E-state index contributed by atoms with van der Waals surface area (Å²) in [5.74, 6) is -0.0690. The molecular formula is C18H22N6OS. The number of amides is 1. The number of carbonyl (C=O) groups is 1. The van der Waals surface area contributed by atoms with Crippen molar-refractivity contribution in [3.63, 3.8) is 0 Å². The summed E-state index contributed by atoms with van der Waals surface area (Å²) in [5.41, 5.74) is 3.43. The van der Waals surface area contributed by atoms with Gasteiger partial charge in [-0.15, -0.1) is 11.3 Å². The van der Waals surface area contributed by atoms with E-state index >= 15 is 0 Å². The minimum atomic E-state index is -0.0690. The molecule has 4 rings (SSSR count). The number of nitrogens with zero attached hydrogens (tertiary/aromatic N) is 5. The summed E-state index contributed by atoms with van der Waals surface area (Å²) < 4.78 is 1.97. The average molecular weight is 370 g/mol. The van der Waals surface area contributed by atoms with Crippen LogP contribution in [0.15, 0.2) is 29.6 Å². The summed E-state index contributed by atoms with van der Waals surface area (Å²) in [5, 5.41) is 13.9. The summed E-state index contributed by atoms with van der Waals surface area (Å²) in [7, 11) is 3.89. The fraction of sp³-hybridized carbons (Fsp3) is 0.389. The molecule has 0 unspecified atom stereocenters. The van der Waals surface area contributed by atoms with Gasteiger partial charge in [0.1, 0.15) is 5.69 Å². The van der Waals surface area contributed by atoms with Crippen molar-refractivity contribution in [2.24, 2.45) is 0 Å². The molecule has 1 amide bonds. The zero-order valence-electron chi connectivity index (χ0n) is 15.0. The second-order valence-corrected chi connectivity index (χ2v) is 7.70. The van der Waals surface area contributed by atoms with Crippen molar-refractivity contribution in [1.29, 1.82) is 0 Å². The molecule has 1 N–H and O–H groups in total. The first-order chi connectivity index (χ1) is 12.6. The predicted octanol–water partition coefficient (Wildman–Crippen LogP) is 2.44. The quantitative estimate of drug-likeness (QED) is 0.766. The molecule has 26 heavy (non-hydrogen) atoms. The number of aromatic amines is 1. The molecule has 0 bridgehead atoms. The molecule has 3 aromatic rings. The lowest BCUT2D eigenvalue weighted by atomic mass is 10.3. The van der Waals surface area contributed by atoms with E-state index in [0.717, 1.165) is 48.0 Å². The number of hydrogen-bond acceptors (Lipinski definition) is 5. The Labute approximate surface area is 156 Å². The van der Waals surface area contributed by atoms with Gasteiger partial charge in [-0.2, -0.15) is 10.2 Å². The number of aromatic nitrogens is 4. The zero-order valence-corrected chi connectivity index (χ0v) is 15.8. The zero-order chi connectivity index (χ0) is 18.1. The molecule has 3 aromatic heterocycles. The van der Waals surface area contributed by atoms with Gasteiger partial charge in [-0.1, -0.05) is 6.07 Å². The third kappa shape index (κ3) is 3.42. The van der Waals surface area contributed by atoms with Crippen molar-refractivity contribution in [3.05, 3.63) is 46.7 Å². The number of thiophene rings is 1. The topological polar surface area (TPSA) is 70.1 Å². The van der Waals surface area contributed by atoms with Gasteiger partial charge in [0.25, 0.3) is 5.91 Å². The van der Waals surface area contributed by atoms with E-state index in [1.165, 1.54) is 0 Å². The highest BCUT2D eigenvalue weighted by molar-refractivity contribution is 7.13. The fourth-order valence-electron chi connectivity index (χ4n) is 3.24. The summed E-state index contributed by atoms with van der Waals surface area (Å²) in [6, 6.07) is 7.95. The van der Waals surface area contributed by atoms with Crippen molar-refractivity contribution in [3.8, 4) is 10.6 Å². The van der Waals surface area contributed by atoms with E-state index in [-0.39, 0.29) is 5.91 Å². The lowest BCUT2D eigenvalue weighted by molar-refractivity contribution is 0.0776. The van der Waals surface area contributed by atoms with E-state index in [1.54, 1.807) is 23.3 Å². The van der Waals surface area contributed by atoms with Gasteiger partial charge in [0.05, 0.1) is 22.8 Å². The first kappa shape index (κ1) is 17.0. The number of rotatable bonds is 4.